The Balaban J connectivity index is 1.85. The minimum atomic E-state index is -3.34. The predicted molar refractivity (Wildman–Crippen MR) is 143 cm³/mol. The maximum absolute atomic E-state index is 13.1. The molecule has 34 heavy (non-hydrogen) atoms. The first-order chi connectivity index (χ1) is 15.6. The minimum absolute atomic E-state index is 0.00858. The number of rotatable bonds is 7. The Bertz CT molecular complexity index is 935. The molecule has 1 aromatic carbocycles. The van der Waals surface area contributed by atoms with Crippen LogP contribution in [0.3, 0.4) is 0 Å². The fraction of sp³-hybridized carbons (Fsp3) is 0.786. The average Bonchev–Trinajstić information content (AvgIpc) is 2.74. The Morgan fingerprint density at radius 3 is 2.24 bits per heavy atom. The highest BCUT2D eigenvalue weighted by molar-refractivity contribution is 7.91. The normalized spacial score (nSPS) is 32.3. The topological polar surface area (TPSA) is 63.6 Å². The van der Waals surface area contributed by atoms with Gasteiger partial charge in [0.05, 0.1) is 16.8 Å². The van der Waals surface area contributed by atoms with Gasteiger partial charge < -0.3 is 9.53 Å². The summed E-state index contributed by atoms with van der Waals surface area (Å²) in [5.41, 5.74) is 0.0220. The molecular weight excluding hydrogens is 460 g/mol. The van der Waals surface area contributed by atoms with Gasteiger partial charge in [-0.2, -0.15) is 0 Å². The van der Waals surface area contributed by atoms with Gasteiger partial charge >= 0.3 is 0 Å². The van der Waals surface area contributed by atoms with Gasteiger partial charge in [-0.05, 0) is 91.0 Å². The molecule has 6 heteroatoms. The molecule has 2 saturated carbocycles. The largest absolute Gasteiger partial charge is 0.413 e. The Morgan fingerprint density at radius 1 is 1.06 bits per heavy atom. The lowest BCUT2D eigenvalue weighted by Gasteiger charge is -2.62. The van der Waals surface area contributed by atoms with Crippen molar-refractivity contribution < 1.29 is 18.0 Å². The molecule has 1 aromatic rings. The molecule has 2 aliphatic rings. The van der Waals surface area contributed by atoms with Gasteiger partial charge in [0.25, 0.3) is 0 Å². The number of hydrogen-bond donors (Lipinski definition) is 1. The number of sulfone groups is 1. The van der Waals surface area contributed by atoms with Crippen LogP contribution in [0.5, 0.6) is 0 Å². The molecule has 1 N–H and O–H groups in total. The molecule has 0 bridgehead atoms. The predicted octanol–water partition coefficient (Wildman–Crippen LogP) is 6.70. The molecule has 0 radical (unpaired) electrons. The van der Waals surface area contributed by atoms with E-state index in [0.717, 1.165) is 25.7 Å². The summed E-state index contributed by atoms with van der Waals surface area (Å²) in [6.45, 7) is 18.9. The van der Waals surface area contributed by atoms with Crippen molar-refractivity contribution in [1.82, 2.24) is 0 Å². The second-order valence-electron chi connectivity index (χ2n) is 13.3. The lowest BCUT2D eigenvalue weighted by Crippen LogP contribution is -2.59. The smallest absolute Gasteiger partial charge is 0.192 e. The highest BCUT2D eigenvalue weighted by Crippen LogP contribution is 2.63. The van der Waals surface area contributed by atoms with Crippen LogP contribution in [0.4, 0.5) is 0 Å². The second kappa shape index (κ2) is 9.64. The molecule has 4 nitrogen and oxygen atoms in total. The number of benzene rings is 1. The quantitative estimate of drug-likeness (QED) is 0.416. The Hall–Kier alpha value is -0.693. The third-order valence-electron chi connectivity index (χ3n) is 9.99. The molecule has 3 rings (SSSR count). The van der Waals surface area contributed by atoms with Crippen LogP contribution in [0.2, 0.25) is 18.1 Å². The summed E-state index contributed by atoms with van der Waals surface area (Å²) < 4.78 is 33.2. The minimum Gasteiger partial charge on any atom is -0.413 e. The number of fused-ring (bicyclic) bond motifs is 1. The van der Waals surface area contributed by atoms with Crippen LogP contribution >= 0.6 is 0 Å². The molecule has 0 aliphatic heterocycles. The van der Waals surface area contributed by atoms with E-state index >= 15 is 0 Å². The molecule has 0 heterocycles. The van der Waals surface area contributed by atoms with E-state index < -0.39 is 18.2 Å². The van der Waals surface area contributed by atoms with Crippen molar-refractivity contribution in [2.24, 2.45) is 28.6 Å². The van der Waals surface area contributed by atoms with Crippen LogP contribution in [0.25, 0.3) is 0 Å². The van der Waals surface area contributed by atoms with Crippen molar-refractivity contribution in [3.8, 4) is 0 Å². The molecule has 5 atom stereocenters. The monoisotopic (exact) mass is 508 g/mol. The number of aliphatic hydroxyl groups excluding tert-OH is 1. The van der Waals surface area contributed by atoms with Crippen LogP contribution in [-0.4, -0.2) is 40.3 Å². The summed E-state index contributed by atoms with van der Waals surface area (Å²) in [6, 6.07) is 8.80. The fourth-order valence-electron chi connectivity index (χ4n) is 6.88. The lowest BCUT2D eigenvalue weighted by atomic mass is 9.45. The summed E-state index contributed by atoms with van der Waals surface area (Å²) in [4.78, 5) is 0.403. The van der Waals surface area contributed by atoms with Crippen molar-refractivity contribution in [3.63, 3.8) is 0 Å². The molecule has 194 valence electrons. The first-order valence-electron chi connectivity index (χ1n) is 13.1. The van der Waals surface area contributed by atoms with Crippen LogP contribution in [-0.2, 0) is 14.3 Å². The van der Waals surface area contributed by atoms with Gasteiger partial charge in [0, 0.05) is 6.61 Å². The van der Waals surface area contributed by atoms with Gasteiger partial charge in [0.1, 0.15) is 0 Å². The zero-order chi connectivity index (χ0) is 25.6. The molecule has 0 saturated heterocycles. The van der Waals surface area contributed by atoms with Crippen molar-refractivity contribution in [2.45, 2.75) is 103 Å². The fourth-order valence-corrected chi connectivity index (χ4v) is 9.74. The van der Waals surface area contributed by atoms with E-state index in [1.165, 1.54) is 0 Å². The van der Waals surface area contributed by atoms with Crippen LogP contribution in [0.1, 0.15) is 73.6 Å². The van der Waals surface area contributed by atoms with E-state index in [1.807, 2.05) is 6.07 Å². The van der Waals surface area contributed by atoms with Gasteiger partial charge in [-0.1, -0.05) is 59.7 Å². The highest BCUT2D eigenvalue weighted by Gasteiger charge is 2.58. The van der Waals surface area contributed by atoms with Crippen LogP contribution in [0, 0.1) is 28.6 Å². The molecule has 0 aromatic heterocycles. The van der Waals surface area contributed by atoms with Gasteiger partial charge in [-0.3, -0.25) is 0 Å². The van der Waals surface area contributed by atoms with Gasteiger partial charge in [-0.15, -0.1) is 0 Å². The molecule has 0 amide bonds. The maximum atomic E-state index is 13.1. The molecular formula is C28H48O4SSi. The van der Waals surface area contributed by atoms with Gasteiger partial charge in [0.15, 0.2) is 18.2 Å². The van der Waals surface area contributed by atoms with Crippen molar-refractivity contribution in [2.75, 3.05) is 12.4 Å². The van der Waals surface area contributed by atoms with E-state index in [4.69, 9.17) is 4.43 Å². The molecule has 2 fully saturated rings. The molecule has 1 unspecified atom stereocenters. The highest BCUT2D eigenvalue weighted by atomic mass is 32.2. The maximum Gasteiger partial charge on any atom is 0.192 e. The standard InChI is InChI=1S/C28H48O4SSi/c1-26(2,3)34(7,8)32-25-16-18-28(6)23(21(20-29)14-15-24(28)27(25,4)5)17-19-33(30,31)22-12-10-9-11-13-22/h9-13,21,23-25,29H,14-20H2,1-8H3/t21-,23+,24?,25+,28-/m1/s1. The zero-order valence-electron chi connectivity index (χ0n) is 22.7. The first kappa shape index (κ1) is 27.9. The van der Waals surface area contributed by atoms with Gasteiger partial charge in [0.2, 0.25) is 0 Å². The zero-order valence-corrected chi connectivity index (χ0v) is 24.5. The summed E-state index contributed by atoms with van der Waals surface area (Å²) in [6.07, 6.45) is 4.92. The van der Waals surface area contributed by atoms with Gasteiger partial charge in [-0.25, -0.2) is 8.42 Å². The summed E-state index contributed by atoms with van der Waals surface area (Å²) >= 11 is 0. The number of hydrogen-bond acceptors (Lipinski definition) is 4. The van der Waals surface area contributed by atoms with Crippen molar-refractivity contribution in [1.29, 1.82) is 0 Å². The van der Waals surface area contributed by atoms with Crippen LogP contribution in [0.15, 0.2) is 35.2 Å². The Morgan fingerprint density at radius 2 is 1.68 bits per heavy atom. The van der Waals surface area contributed by atoms with E-state index in [9.17, 15) is 13.5 Å². The van der Waals surface area contributed by atoms with Crippen molar-refractivity contribution in [3.05, 3.63) is 30.3 Å². The average molecular weight is 509 g/mol. The van der Waals surface area contributed by atoms with E-state index in [1.54, 1.807) is 24.3 Å². The molecule has 2 aliphatic carbocycles. The third-order valence-corrected chi connectivity index (χ3v) is 16.2. The van der Waals surface area contributed by atoms with E-state index in [0.29, 0.717) is 17.2 Å². The van der Waals surface area contributed by atoms with E-state index in [2.05, 4.69) is 54.6 Å². The molecule has 0 spiro atoms. The second-order valence-corrected chi connectivity index (χ2v) is 20.2. The first-order valence-corrected chi connectivity index (χ1v) is 17.7. The Kier molecular flexibility index (Phi) is 7.91. The van der Waals surface area contributed by atoms with Crippen molar-refractivity contribution >= 4 is 18.2 Å². The summed E-state index contributed by atoms with van der Waals surface area (Å²) in [5.74, 6) is 0.963. The van der Waals surface area contributed by atoms with E-state index in [-0.39, 0.29) is 46.2 Å². The number of aliphatic hydroxyl groups is 1. The lowest BCUT2D eigenvalue weighted by molar-refractivity contribution is -0.150. The SMILES string of the molecule is CC1(C)C2CC[C@H](CO)[C@H](CCS(=O)(=O)c3ccccc3)[C@@]2(C)CC[C@@H]1O[Si](C)(C)C(C)(C)C. The summed E-state index contributed by atoms with van der Waals surface area (Å²) in [5, 5.41) is 10.4. The Labute approximate surface area is 209 Å². The summed E-state index contributed by atoms with van der Waals surface area (Å²) in [7, 11) is -5.23. The third kappa shape index (κ3) is 5.21. The van der Waals surface area contributed by atoms with Crippen LogP contribution < -0.4 is 0 Å².